The number of hydrogen-bond acceptors (Lipinski definition) is 7. The lowest BCUT2D eigenvalue weighted by Crippen LogP contribution is -2.41. The molecule has 8 nitrogen and oxygen atoms in total. The lowest BCUT2D eigenvalue weighted by atomic mass is 10.1. The van der Waals surface area contributed by atoms with Gasteiger partial charge in [-0.25, -0.2) is 8.42 Å². The van der Waals surface area contributed by atoms with Crippen molar-refractivity contribution in [3.63, 3.8) is 0 Å². The molecule has 1 aliphatic heterocycles. The Labute approximate surface area is 195 Å². The molecule has 0 atom stereocenters. The van der Waals surface area contributed by atoms with Gasteiger partial charge in [-0.1, -0.05) is 0 Å². The highest BCUT2D eigenvalue weighted by molar-refractivity contribution is 7.89. The predicted octanol–water partition coefficient (Wildman–Crippen LogP) is 4.15. The lowest BCUT2D eigenvalue weighted by molar-refractivity contribution is 0.302. The smallest absolute Gasteiger partial charge is 0.243 e. The summed E-state index contributed by atoms with van der Waals surface area (Å²) in [6.07, 6.45) is 2.46. The normalized spacial score (nSPS) is 13.9. The van der Waals surface area contributed by atoms with Gasteiger partial charge in [0.2, 0.25) is 10.0 Å². The van der Waals surface area contributed by atoms with Crippen molar-refractivity contribution in [2.45, 2.75) is 51.1 Å². The third-order valence-electron chi connectivity index (χ3n) is 5.95. The van der Waals surface area contributed by atoms with Gasteiger partial charge >= 0.3 is 0 Å². The van der Waals surface area contributed by atoms with Crippen LogP contribution in [0.5, 0.6) is 11.5 Å². The van der Waals surface area contributed by atoms with Gasteiger partial charge in [0.05, 0.1) is 36.5 Å². The summed E-state index contributed by atoms with van der Waals surface area (Å²) in [4.78, 5) is 2.48. The van der Waals surface area contributed by atoms with Crippen molar-refractivity contribution in [1.29, 1.82) is 0 Å². The topological polar surface area (TPSA) is 84.9 Å². The van der Waals surface area contributed by atoms with Crippen LogP contribution in [0.3, 0.4) is 0 Å². The third-order valence-corrected chi connectivity index (χ3v) is 8.20. The van der Waals surface area contributed by atoms with E-state index in [1.54, 1.807) is 30.8 Å². The van der Waals surface area contributed by atoms with Gasteiger partial charge in [-0.3, -0.25) is 0 Å². The number of benzene rings is 2. The van der Waals surface area contributed by atoms with E-state index in [2.05, 4.69) is 15.1 Å². The Morgan fingerprint density at radius 2 is 1.64 bits per heavy atom. The maximum Gasteiger partial charge on any atom is 0.243 e. The van der Waals surface area contributed by atoms with Crippen LogP contribution in [-0.4, -0.2) is 55.8 Å². The maximum atomic E-state index is 13.3. The molecule has 0 radical (unpaired) electrons. The minimum absolute atomic E-state index is 0.124. The zero-order chi connectivity index (χ0) is 23.9. The quantitative estimate of drug-likeness (QED) is 0.513. The number of nitrogens with zero attached hydrogens (tertiary/aromatic N) is 4. The predicted molar refractivity (Wildman–Crippen MR) is 129 cm³/mol. The molecule has 3 aromatic rings. The molecule has 2 aromatic carbocycles. The average Bonchev–Trinajstić information content (AvgIpc) is 3.20. The van der Waals surface area contributed by atoms with Crippen LogP contribution in [-0.2, 0) is 16.4 Å². The molecule has 2 heterocycles. The minimum atomic E-state index is -3.59. The molecular formula is C24H30N4O4S. The fraction of sp³-hybridized carbons (Fsp3) is 0.417. The average molecular weight is 471 g/mol. The molecule has 0 saturated carbocycles. The number of ether oxygens (including phenoxy) is 2. The molecule has 9 heteroatoms. The molecule has 176 valence electrons. The second-order valence-corrected chi connectivity index (χ2v) is 10.5. The summed E-state index contributed by atoms with van der Waals surface area (Å²) < 4.78 is 39.1. The van der Waals surface area contributed by atoms with Crippen LogP contribution >= 0.6 is 0 Å². The fourth-order valence-electron chi connectivity index (χ4n) is 4.65. The molecular weight excluding hydrogens is 440 g/mol. The van der Waals surface area contributed by atoms with E-state index >= 15 is 0 Å². The van der Waals surface area contributed by atoms with Crippen molar-refractivity contribution in [2.24, 2.45) is 0 Å². The van der Waals surface area contributed by atoms with Crippen molar-refractivity contribution in [3.8, 4) is 11.5 Å². The third kappa shape index (κ3) is 4.00. The van der Waals surface area contributed by atoms with Crippen molar-refractivity contribution in [1.82, 2.24) is 14.5 Å². The van der Waals surface area contributed by atoms with Gasteiger partial charge < -0.3 is 14.4 Å². The van der Waals surface area contributed by atoms with Gasteiger partial charge in [0.25, 0.3) is 0 Å². The molecule has 0 N–H and O–H groups in total. The van der Waals surface area contributed by atoms with Crippen LogP contribution in [0.15, 0.2) is 41.4 Å². The summed E-state index contributed by atoms with van der Waals surface area (Å²) >= 11 is 0. The van der Waals surface area contributed by atoms with Crippen LogP contribution in [0.1, 0.15) is 33.3 Å². The molecule has 0 fully saturated rings. The van der Waals surface area contributed by atoms with Crippen LogP contribution < -0.4 is 14.4 Å². The molecule has 0 amide bonds. The van der Waals surface area contributed by atoms with Crippen LogP contribution in [0.25, 0.3) is 10.9 Å². The number of sulfonamides is 1. The Morgan fingerprint density at radius 3 is 2.27 bits per heavy atom. The molecule has 0 bridgehead atoms. The largest absolute Gasteiger partial charge is 0.493 e. The highest BCUT2D eigenvalue weighted by atomic mass is 32.2. The van der Waals surface area contributed by atoms with E-state index in [4.69, 9.17) is 9.47 Å². The van der Waals surface area contributed by atoms with Gasteiger partial charge in [0, 0.05) is 35.8 Å². The van der Waals surface area contributed by atoms with Crippen LogP contribution in [0.4, 0.5) is 11.4 Å². The first-order valence-corrected chi connectivity index (χ1v) is 12.4. The zero-order valence-corrected chi connectivity index (χ0v) is 20.7. The second kappa shape index (κ2) is 8.79. The number of aromatic nitrogens is 2. The summed E-state index contributed by atoms with van der Waals surface area (Å²) in [5, 5.41) is 9.33. The summed E-state index contributed by atoms with van der Waals surface area (Å²) in [7, 11) is -0.406. The molecule has 0 unspecified atom stereocenters. The van der Waals surface area contributed by atoms with E-state index in [1.165, 1.54) is 0 Å². The van der Waals surface area contributed by atoms with E-state index in [0.717, 1.165) is 28.7 Å². The van der Waals surface area contributed by atoms with Crippen LogP contribution in [0, 0.1) is 0 Å². The summed E-state index contributed by atoms with van der Waals surface area (Å²) in [6.45, 7) is 8.32. The molecule has 1 aromatic heterocycles. The monoisotopic (exact) mass is 470 g/mol. The lowest BCUT2D eigenvalue weighted by Gasteiger charge is -2.29. The Hall–Kier alpha value is -2.91. The zero-order valence-electron chi connectivity index (χ0n) is 19.9. The van der Waals surface area contributed by atoms with Crippen molar-refractivity contribution < 1.29 is 17.9 Å². The number of fused-ring (bicyclic) bond motifs is 2. The Balaban J connectivity index is 1.77. The summed E-state index contributed by atoms with van der Waals surface area (Å²) in [6, 6.07) is 8.86. The van der Waals surface area contributed by atoms with Crippen molar-refractivity contribution in [3.05, 3.63) is 42.1 Å². The van der Waals surface area contributed by atoms with E-state index < -0.39 is 10.0 Å². The van der Waals surface area contributed by atoms with E-state index in [9.17, 15) is 8.42 Å². The Bertz CT molecular complexity index is 1280. The van der Waals surface area contributed by atoms with E-state index in [-0.39, 0.29) is 12.1 Å². The van der Waals surface area contributed by atoms with Gasteiger partial charge in [0.15, 0.2) is 11.5 Å². The summed E-state index contributed by atoms with van der Waals surface area (Å²) in [5.41, 5.74) is 3.55. The number of methoxy groups -OCH3 is 2. The van der Waals surface area contributed by atoms with Gasteiger partial charge in [-0.15, -0.1) is 0 Å². The van der Waals surface area contributed by atoms with Gasteiger partial charge in [-0.2, -0.15) is 14.5 Å². The number of rotatable bonds is 7. The van der Waals surface area contributed by atoms with Gasteiger partial charge in [-0.05, 0) is 63.9 Å². The molecule has 33 heavy (non-hydrogen) atoms. The minimum Gasteiger partial charge on any atom is -0.493 e. The first-order valence-electron chi connectivity index (χ1n) is 11.0. The number of hydrogen-bond donors (Lipinski definition) is 0. The standard InChI is InChI=1S/C24H30N4O4S/c1-15(2)28(16(3)4)33(29,30)18-7-8-21-17(11-18)9-10-27(21)22-14-25-26-20-13-24(32-6)23(31-5)12-19(20)22/h7-8,11-16H,9-10H2,1-6H3. The van der Waals surface area contributed by atoms with Gasteiger partial charge in [0.1, 0.15) is 0 Å². The van der Waals surface area contributed by atoms with Crippen LogP contribution in [0.2, 0.25) is 0 Å². The molecule has 0 aliphatic carbocycles. The highest BCUT2D eigenvalue weighted by Gasteiger charge is 2.31. The van der Waals surface area contributed by atoms with Crippen molar-refractivity contribution in [2.75, 3.05) is 25.7 Å². The molecule has 1 aliphatic rings. The fourth-order valence-corrected chi connectivity index (χ4v) is 6.53. The maximum absolute atomic E-state index is 13.3. The van der Waals surface area contributed by atoms with E-state index in [1.807, 2.05) is 52.0 Å². The second-order valence-electron chi connectivity index (χ2n) is 8.67. The van der Waals surface area contributed by atoms with Crippen molar-refractivity contribution >= 4 is 32.3 Å². The Kier molecular flexibility index (Phi) is 6.20. The highest BCUT2D eigenvalue weighted by Crippen LogP contribution is 2.41. The molecule has 4 rings (SSSR count). The SMILES string of the molecule is COc1cc2nncc(N3CCc4cc(S(=O)(=O)N(C(C)C)C(C)C)ccc43)c2cc1OC. The molecule has 0 spiro atoms. The first kappa shape index (κ1) is 23.3. The summed E-state index contributed by atoms with van der Waals surface area (Å²) in [5.74, 6) is 1.20. The van der Waals surface area contributed by atoms with E-state index in [0.29, 0.717) is 28.5 Å². The Morgan fingerprint density at radius 1 is 0.970 bits per heavy atom. The number of anilines is 2. The molecule has 0 saturated heterocycles. The first-order chi connectivity index (χ1) is 15.7.